The van der Waals surface area contributed by atoms with Gasteiger partial charge in [-0.2, -0.15) is 0 Å². The molecule has 2 aromatic carbocycles. The van der Waals surface area contributed by atoms with Gasteiger partial charge in [0.05, 0.1) is 12.7 Å². The third kappa shape index (κ3) is 5.42. The zero-order valence-electron chi connectivity index (χ0n) is 22.3. The molecule has 220 valence electrons. The molecule has 13 heteroatoms. The van der Waals surface area contributed by atoms with E-state index in [-0.39, 0.29) is 40.6 Å². The maximum atomic E-state index is 12.5. The highest BCUT2D eigenvalue weighted by molar-refractivity contribution is 5.90. The molecule has 0 amide bonds. The van der Waals surface area contributed by atoms with Crippen LogP contribution in [0, 0.1) is 0 Å². The average molecular weight is 575 g/mol. The van der Waals surface area contributed by atoms with E-state index in [0.29, 0.717) is 10.9 Å². The van der Waals surface area contributed by atoms with Crippen LogP contribution in [0.4, 0.5) is 0 Å². The number of phenolic OH excluding ortho intramolecular Hbond substituents is 2. The van der Waals surface area contributed by atoms with Crippen LogP contribution in [0.3, 0.4) is 0 Å². The second-order valence-electron chi connectivity index (χ2n) is 10.4. The Bertz CT molecular complexity index is 1510. The Labute approximate surface area is 233 Å². The summed E-state index contributed by atoms with van der Waals surface area (Å²) in [4.78, 5) is 24.2. The Morgan fingerprint density at radius 1 is 1.05 bits per heavy atom. The molecular formula is C28H30O13. The van der Waals surface area contributed by atoms with E-state index in [1.807, 2.05) is 0 Å². The van der Waals surface area contributed by atoms with Crippen molar-refractivity contribution < 1.29 is 58.4 Å². The van der Waals surface area contributed by atoms with Gasteiger partial charge in [0, 0.05) is 23.4 Å². The molecule has 6 atom stereocenters. The number of hydrogen-bond acceptors (Lipinski definition) is 13. The fourth-order valence-corrected chi connectivity index (χ4v) is 4.86. The van der Waals surface area contributed by atoms with Gasteiger partial charge in [-0.05, 0) is 44.2 Å². The van der Waals surface area contributed by atoms with E-state index in [1.165, 1.54) is 37.4 Å². The number of esters is 1. The number of carbonyl (C=O) groups excluding carboxylic acids is 1. The van der Waals surface area contributed by atoms with Crippen molar-refractivity contribution in [3.63, 3.8) is 0 Å². The summed E-state index contributed by atoms with van der Waals surface area (Å²) in [5.41, 5.74) is -1.12. The van der Waals surface area contributed by atoms with E-state index >= 15 is 0 Å². The summed E-state index contributed by atoms with van der Waals surface area (Å²) in [6.07, 6.45) is -8.10. The Morgan fingerprint density at radius 3 is 2.54 bits per heavy atom. The molecule has 0 radical (unpaired) electrons. The summed E-state index contributed by atoms with van der Waals surface area (Å²) in [7, 11) is 1.32. The number of phenols is 2. The van der Waals surface area contributed by atoms with E-state index in [4.69, 9.17) is 28.1 Å². The number of rotatable bonds is 7. The van der Waals surface area contributed by atoms with Gasteiger partial charge in [0.2, 0.25) is 5.75 Å². The van der Waals surface area contributed by atoms with Gasteiger partial charge in [-0.15, -0.1) is 0 Å². The van der Waals surface area contributed by atoms with E-state index in [0.717, 1.165) is 0 Å². The van der Waals surface area contributed by atoms with Crippen molar-refractivity contribution in [2.24, 2.45) is 0 Å². The van der Waals surface area contributed by atoms with Gasteiger partial charge in [-0.25, -0.2) is 9.59 Å². The standard InChI is InChI=1S/C28H30O13/c1-28(2,18-10-14-8-12-5-7-19(30)40-24(12)23(34)25(14)39-18)41-27-22(33)21(32)20(31)17(38-27)11-37-26(35)13-4-6-15(29)16(9-13)36-3/h4-9,17-18,20-22,27,29,31-34H,10-11H2,1-3H3/t17-,18-,20+,21-,22+,27-/m0/s1. The van der Waals surface area contributed by atoms with Gasteiger partial charge in [-0.3, -0.25) is 0 Å². The molecule has 1 saturated heterocycles. The smallest absolute Gasteiger partial charge is 0.338 e. The van der Waals surface area contributed by atoms with E-state index in [9.17, 15) is 35.1 Å². The molecule has 13 nitrogen and oxygen atoms in total. The van der Waals surface area contributed by atoms with Crippen LogP contribution in [-0.4, -0.2) is 87.6 Å². The van der Waals surface area contributed by atoms with Crippen molar-refractivity contribution in [3.05, 3.63) is 57.9 Å². The van der Waals surface area contributed by atoms with Crippen LogP contribution in [0.2, 0.25) is 0 Å². The Balaban J connectivity index is 1.28. The molecule has 41 heavy (non-hydrogen) atoms. The summed E-state index contributed by atoms with van der Waals surface area (Å²) in [6.45, 7) is 2.81. The molecule has 5 rings (SSSR count). The SMILES string of the molecule is COc1cc(C(=O)OC[C@@H]2O[C@@H](OC(C)(C)[C@@H]3Cc4cc5ccc(=O)oc5c(O)c4O3)[C@H](O)[C@@H](O)[C@@H]2O)ccc1O. The van der Waals surface area contributed by atoms with Crippen LogP contribution < -0.4 is 15.1 Å². The van der Waals surface area contributed by atoms with Gasteiger partial charge >= 0.3 is 11.6 Å². The van der Waals surface area contributed by atoms with Gasteiger partial charge < -0.3 is 53.6 Å². The summed E-state index contributed by atoms with van der Waals surface area (Å²) in [5, 5.41) is 52.5. The number of hydrogen-bond donors (Lipinski definition) is 5. The molecule has 3 heterocycles. The minimum Gasteiger partial charge on any atom is -0.504 e. The number of carbonyl (C=O) groups is 1. The topological polar surface area (TPSA) is 195 Å². The highest BCUT2D eigenvalue weighted by Gasteiger charge is 2.49. The molecule has 0 saturated carbocycles. The van der Waals surface area contributed by atoms with Crippen molar-refractivity contribution >= 4 is 16.9 Å². The van der Waals surface area contributed by atoms with Gasteiger partial charge in [0.25, 0.3) is 0 Å². The maximum Gasteiger partial charge on any atom is 0.338 e. The molecule has 0 spiro atoms. The van der Waals surface area contributed by atoms with E-state index < -0.39 is 60.6 Å². The summed E-state index contributed by atoms with van der Waals surface area (Å²) in [5.74, 6) is -1.11. The molecule has 5 N–H and O–H groups in total. The van der Waals surface area contributed by atoms with Crippen LogP contribution >= 0.6 is 0 Å². The molecular weight excluding hydrogens is 544 g/mol. The number of methoxy groups -OCH3 is 1. The number of aliphatic hydroxyl groups is 3. The first-order valence-electron chi connectivity index (χ1n) is 12.8. The predicted molar refractivity (Wildman–Crippen MR) is 139 cm³/mol. The van der Waals surface area contributed by atoms with Gasteiger partial charge in [-0.1, -0.05) is 0 Å². The lowest BCUT2D eigenvalue weighted by atomic mass is 9.95. The minimum absolute atomic E-state index is 0.0121. The summed E-state index contributed by atoms with van der Waals surface area (Å²) in [6, 6.07) is 8.35. The lowest BCUT2D eigenvalue weighted by Gasteiger charge is -2.43. The monoisotopic (exact) mass is 574 g/mol. The van der Waals surface area contributed by atoms with Gasteiger partial charge in [0.15, 0.2) is 29.1 Å². The van der Waals surface area contributed by atoms with E-state index in [1.54, 1.807) is 19.9 Å². The number of benzene rings is 2. The van der Waals surface area contributed by atoms with Crippen molar-refractivity contribution in [1.82, 2.24) is 0 Å². The Hall–Kier alpha value is -3.88. The minimum atomic E-state index is -1.69. The normalized spacial score (nSPS) is 25.9. The molecule has 2 aliphatic heterocycles. The third-order valence-electron chi connectivity index (χ3n) is 7.24. The van der Waals surface area contributed by atoms with Crippen LogP contribution in [0.25, 0.3) is 11.0 Å². The highest BCUT2D eigenvalue weighted by atomic mass is 16.7. The fraction of sp³-hybridized carbons (Fsp3) is 0.429. The first kappa shape index (κ1) is 28.6. The number of ether oxygens (including phenoxy) is 5. The molecule has 1 aromatic heterocycles. The number of fused-ring (bicyclic) bond motifs is 2. The van der Waals surface area contributed by atoms with Crippen molar-refractivity contribution in [2.75, 3.05) is 13.7 Å². The lowest BCUT2D eigenvalue weighted by molar-refractivity contribution is -0.329. The highest BCUT2D eigenvalue weighted by Crippen LogP contribution is 2.45. The Morgan fingerprint density at radius 2 is 1.80 bits per heavy atom. The maximum absolute atomic E-state index is 12.5. The lowest BCUT2D eigenvalue weighted by Crippen LogP contribution is -2.61. The van der Waals surface area contributed by atoms with Crippen molar-refractivity contribution in [2.45, 2.75) is 62.7 Å². The average Bonchev–Trinajstić information content (AvgIpc) is 3.39. The fourth-order valence-electron chi connectivity index (χ4n) is 4.86. The molecule has 1 fully saturated rings. The molecule has 3 aromatic rings. The molecule has 0 aliphatic carbocycles. The summed E-state index contributed by atoms with van der Waals surface area (Å²) < 4.78 is 33.1. The van der Waals surface area contributed by atoms with Crippen LogP contribution in [0.5, 0.6) is 23.0 Å². The van der Waals surface area contributed by atoms with Crippen LogP contribution in [0.15, 0.2) is 45.6 Å². The van der Waals surface area contributed by atoms with E-state index in [2.05, 4.69) is 0 Å². The van der Waals surface area contributed by atoms with Crippen molar-refractivity contribution in [1.29, 1.82) is 0 Å². The Kier molecular flexibility index (Phi) is 7.57. The predicted octanol–water partition coefficient (Wildman–Crippen LogP) is 0.976. The molecule has 0 unspecified atom stereocenters. The molecule has 0 bridgehead atoms. The second-order valence-corrected chi connectivity index (χ2v) is 10.4. The van der Waals surface area contributed by atoms with Gasteiger partial charge in [0.1, 0.15) is 42.7 Å². The quantitative estimate of drug-likeness (QED) is 0.198. The first-order chi connectivity index (χ1) is 19.4. The second kappa shape index (κ2) is 10.8. The zero-order valence-corrected chi connectivity index (χ0v) is 22.3. The largest absolute Gasteiger partial charge is 0.504 e. The third-order valence-corrected chi connectivity index (χ3v) is 7.24. The number of aliphatic hydroxyl groups excluding tert-OH is 3. The van der Waals surface area contributed by atoms with Crippen molar-refractivity contribution in [3.8, 4) is 23.0 Å². The zero-order chi connectivity index (χ0) is 29.6. The van der Waals surface area contributed by atoms with Crippen LogP contribution in [-0.2, 0) is 20.6 Å². The molecule has 2 aliphatic rings. The summed E-state index contributed by atoms with van der Waals surface area (Å²) >= 11 is 0. The van der Waals surface area contributed by atoms with Crippen LogP contribution in [0.1, 0.15) is 29.8 Å². The first-order valence-corrected chi connectivity index (χ1v) is 12.8. The number of aromatic hydroxyl groups is 2.